The third kappa shape index (κ3) is 5.91. The van der Waals surface area contributed by atoms with Crippen LogP contribution in [0.15, 0.2) is 40.8 Å². The first-order chi connectivity index (χ1) is 13.0. The Labute approximate surface area is 162 Å². The zero-order chi connectivity index (χ0) is 19.1. The molecule has 3 rings (SSSR count). The molecule has 0 aliphatic heterocycles. The lowest BCUT2D eigenvalue weighted by atomic mass is 9.95. The fraction of sp³-hybridized carbons (Fsp3) is 0.571. The molecule has 1 aromatic carbocycles. The highest BCUT2D eigenvalue weighted by molar-refractivity contribution is 7.89. The molecule has 1 saturated carbocycles. The first-order valence-corrected chi connectivity index (χ1v) is 11.6. The summed E-state index contributed by atoms with van der Waals surface area (Å²) in [5, 5.41) is 3.05. The maximum Gasteiger partial charge on any atom is 0.251 e. The zero-order valence-electron chi connectivity index (χ0n) is 15.9. The Morgan fingerprint density at radius 3 is 2.41 bits per heavy atom. The Bertz CT molecular complexity index is 763. The molecule has 27 heavy (non-hydrogen) atoms. The highest BCUT2D eigenvalue weighted by Gasteiger charge is 2.18. The van der Waals surface area contributed by atoms with E-state index in [2.05, 4.69) is 16.1 Å². The van der Waals surface area contributed by atoms with Gasteiger partial charge in [-0.15, -0.1) is 0 Å². The van der Waals surface area contributed by atoms with Crippen molar-refractivity contribution in [2.45, 2.75) is 75.1 Å². The summed E-state index contributed by atoms with van der Waals surface area (Å²) in [7, 11) is -3.54. The van der Waals surface area contributed by atoms with Gasteiger partial charge in [0.05, 0.1) is 4.90 Å². The summed E-state index contributed by atoms with van der Waals surface area (Å²) < 4.78 is 27.5. The molecule has 148 valence electrons. The van der Waals surface area contributed by atoms with E-state index in [9.17, 15) is 13.2 Å². The quantitative estimate of drug-likeness (QED) is 0.693. The van der Waals surface area contributed by atoms with Crippen molar-refractivity contribution in [1.82, 2.24) is 10.0 Å². The fourth-order valence-electron chi connectivity index (χ4n) is 3.86. The molecule has 6 heteroatoms. The number of hydrogen-bond acceptors (Lipinski definition) is 3. The highest BCUT2D eigenvalue weighted by Crippen LogP contribution is 2.20. The highest BCUT2D eigenvalue weighted by atomic mass is 32.2. The molecule has 1 fully saturated rings. The molecule has 0 bridgehead atoms. The van der Waals surface area contributed by atoms with Gasteiger partial charge in [0.15, 0.2) is 0 Å². The largest absolute Gasteiger partial charge is 0.349 e. The Hall–Kier alpha value is -1.66. The number of nitrogens with one attached hydrogen (secondary N) is 2. The lowest BCUT2D eigenvalue weighted by Gasteiger charge is -2.22. The molecule has 0 aromatic heterocycles. The molecule has 2 N–H and O–H groups in total. The number of sulfonamides is 1. The van der Waals surface area contributed by atoms with E-state index in [1.54, 1.807) is 12.1 Å². The number of amides is 1. The van der Waals surface area contributed by atoms with Crippen LogP contribution in [-0.4, -0.2) is 26.9 Å². The van der Waals surface area contributed by atoms with Gasteiger partial charge in [-0.25, -0.2) is 13.1 Å². The van der Waals surface area contributed by atoms with Crippen molar-refractivity contribution >= 4 is 15.9 Å². The van der Waals surface area contributed by atoms with Gasteiger partial charge in [-0.05, 0) is 69.2 Å². The number of benzene rings is 1. The van der Waals surface area contributed by atoms with Gasteiger partial charge in [-0.2, -0.15) is 0 Å². The molecule has 0 spiro atoms. The van der Waals surface area contributed by atoms with Gasteiger partial charge >= 0.3 is 0 Å². The van der Waals surface area contributed by atoms with E-state index in [0.717, 1.165) is 44.9 Å². The van der Waals surface area contributed by atoms with Crippen LogP contribution in [0, 0.1) is 0 Å². The summed E-state index contributed by atoms with van der Waals surface area (Å²) >= 11 is 0. The minimum Gasteiger partial charge on any atom is -0.349 e. The zero-order valence-corrected chi connectivity index (χ0v) is 16.7. The lowest BCUT2D eigenvalue weighted by Crippen LogP contribution is -2.36. The van der Waals surface area contributed by atoms with Crippen LogP contribution >= 0.6 is 0 Å². The van der Waals surface area contributed by atoms with E-state index < -0.39 is 10.0 Å². The van der Waals surface area contributed by atoms with E-state index >= 15 is 0 Å². The average molecular weight is 391 g/mol. The van der Waals surface area contributed by atoms with Crippen molar-refractivity contribution in [3.05, 3.63) is 41.5 Å². The summed E-state index contributed by atoms with van der Waals surface area (Å²) in [5.74, 6) is -0.122. The van der Waals surface area contributed by atoms with Crippen molar-refractivity contribution in [2.24, 2.45) is 0 Å². The van der Waals surface area contributed by atoms with Gasteiger partial charge < -0.3 is 5.32 Å². The summed E-state index contributed by atoms with van der Waals surface area (Å²) in [5.41, 5.74) is 1.85. The molecule has 1 aromatic rings. The molecule has 0 unspecified atom stereocenters. The van der Waals surface area contributed by atoms with E-state index in [1.807, 2.05) is 0 Å². The van der Waals surface area contributed by atoms with E-state index in [0.29, 0.717) is 12.1 Å². The third-order valence-electron chi connectivity index (χ3n) is 5.49. The van der Waals surface area contributed by atoms with Crippen molar-refractivity contribution in [2.75, 3.05) is 6.54 Å². The predicted molar refractivity (Wildman–Crippen MR) is 107 cm³/mol. The van der Waals surface area contributed by atoms with Gasteiger partial charge in [0, 0.05) is 18.2 Å². The minimum absolute atomic E-state index is 0.122. The lowest BCUT2D eigenvalue weighted by molar-refractivity contribution is 0.0927. The Morgan fingerprint density at radius 1 is 1.00 bits per heavy atom. The SMILES string of the molecule is O=C(NC1CCCCC1)c1ccc(S(=O)(=O)NCCC2=CCCCC2)cc1. The number of rotatable bonds is 7. The molecule has 0 radical (unpaired) electrons. The maximum absolute atomic E-state index is 12.4. The van der Waals surface area contributed by atoms with Gasteiger partial charge in [-0.3, -0.25) is 4.79 Å². The molecule has 0 atom stereocenters. The minimum atomic E-state index is -3.54. The van der Waals surface area contributed by atoms with E-state index in [1.165, 1.54) is 37.0 Å². The van der Waals surface area contributed by atoms with Crippen molar-refractivity contribution in [3.63, 3.8) is 0 Å². The first kappa shape index (κ1) is 20.1. The second-order valence-electron chi connectivity index (χ2n) is 7.59. The number of hydrogen-bond donors (Lipinski definition) is 2. The normalized spacial score (nSPS) is 18.7. The van der Waals surface area contributed by atoms with Gasteiger partial charge in [0.1, 0.15) is 0 Å². The van der Waals surface area contributed by atoms with Gasteiger partial charge in [-0.1, -0.05) is 30.9 Å². The number of carbonyl (C=O) groups is 1. The summed E-state index contributed by atoms with van der Waals surface area (Å²) in [6.07, 6.45) is 13.2. The maximum atomic E-state index is 12.4. The van der Waals surface area contributed by atoms with E-state index in [4.69, 9.17) is 0 Å². The monoisotopic (exact) mass is 390 g/mol. The molecular formula is C21H30N2O3S. The summed E-state index contributed by atoms with van der Waals surface area (Å²) in [6.45, 7) is 0.415. The topological polar surface area (TPSA) is 75.3 Å². The molecule has 2 aliphatic rings. The second kappa shape index (κ2) is 9.51. The van der Waals surface area contributed by atoms with Gasteiger partial charge in [0.2, 0.25) is 10.0 Å². The van der Waals surface area contributed by atoms with Crippen LogP contribution < -0.4 is 10.0 Å². The summed E-state index contributed by atoms with van der Waals surface area (Å²) in [6, 6.07) is 6.45. The molecule has 0 saturated heterocycles. The smallest absolute Gasteiger partial charge is 0.251 e. The Kier molecular flexibility index (Phi) is 7.07. The third-order valence-corrected chi connectivity index (χ3v) is 6.97. The average Bonchev–Trinajstić information content (AvgIpc) is 2.69. The molecule has 5 nitrogen and oxygen atoms in total. The molecule has 2 aliphatic carbocycles. The van der Waals surface area contributed by atoms with E-state index in [-0.39, 0.29) is 16.8 Å². The van der Waals surface area contributed by atoms with Crippen molar-refractivity contribution in [3.8, 4) is 0 Å². The van der Waals surface area contributed by atoms with Crippen LogP contribution in [0.25, 0.3) is 0 Å². The fourth-order valence-corrected chi connectivity index (χ4v) is 4.89. The van der Waals surface area contributed by atoms with Crippen LogP contribution in [0.5, 0.6) is 0 Å². The van der Waals surface area contributed by atoms with Gasteiger partial charge in [0.25, 0.3) is 5.91 Å². The second-order valence-corrected chi connectivity index (χ2v) is 9.36. The van der Waals surface area contributed by atoms with Crippen molar-refractivity contribution < 1.29 is 13.2 Å². The Balaban J connectivity index is 1.53. The van der Waals surface area contributed by atoms with Crippen LogP contribution in [0.2, 0.25) is 0 Å². The molecular weight excluding hydrogens is 360 g/mol. The van der Waals surface area contributed by atoms with Crippen LogP contribution in [0.3, 0.4) is 0 Å². The molecule has 1 amide bonds. The molecule has 0 heterocycles. The van der Waals surface area contributed by atoms with Crippen LogP contribution in [0.4, 0.5) is 0 Å². The number of allylic oxidation sites excluding steroid dienone is 1. The number of carbonyl (C=O) groups excluding carboxylic acids is 1. The Morgan fingerprint density at radius 2 is 1.74 bits per heavy atom. The van der Waals surface area contributed by atoms with Crippen LogP contribution in [-0.2, 0) is 10.0 Å². The summed E-state index contributed by atoms with van der Waals surface area (Å²) in [4.78, 5) is 12.5. The first-order valence-electron chi connectivity index (χ1n) is 10.1. The predicted octanol–water partition coefficient (Wildman–Crippen LogP) is 3.92. The standard InChI is InChI=1S/C21H30N2O3S/c24-21(23-19-9-5-2-6-10-19)18-11-13-20(14-12-18)27(25,26)22-16-15-17-7-3-1-4-8-17/h7,11-14,19,22H,1-6,8-10,15-16H2,(H,23,24). The van der Waals surface area contributed by atoms with Crippen LogP contribution in [0.1, 0.15) is 74.6 Å². The van der Waals surface area contributed by atoms with Crippen molar-refractivity contribution in [1.29, 1.82) is 0 Å².